The molecule has 0 atom stereocenters. The van der Waals surface area contributed by atoms with Crippen molar-refractivity contribution >= 4 is 22.4 Å². The average Bonchev–Trinajstić information content (AvgIpc) is 2.75. The topological polar surface area (TPSA) is 65.5 Å². The molecule has 0 spiro atoms. The van der Waals surface area contributed by atoms with E-state index in [1.807, 2.05) is 14.1 Å². The van der Waals surface area contributed by atoms with Crippen molar-refractivity contribution < 1.29 is 9.90 Å². The van der Waals surface area contributed by atoms with Crippen LogP contribution < -0.4 is 5.32 Å². The standard InChI is InChI=1S/C13H23N3O2S/c1-12(2,16(5)6)8-14-11-15-9(7-19-11)13(3,4)10(17)18/h7H,8H2,1-6H3,(H,14,15)(H,17,18). The normalized spacial score (nSPS) is 12.8. The number of hydrogen-bond acceptors (Lipinski definition) is 5. The van der Waals surface area contributed by atoms with Gasteiger partial charge in [-0.15, -0.1) is 11.3 Å². The number of likely N-dealkylation sites (N-methyl/N-ethyl adjacent to an activating group) is 1. The lowest BCUT2D eigenvalue weighted by Gasteiger charge is -2.32. The molecule has 0 amide bonds. The van der Waals surface area contributed by atoms with Crippen LogP contribution in [-0.2, 0) is 10.2 Å². The number of carbonyl (C=O) groups is 1. The van der Waals surface area contributed by atoms with E-state index >= 15 is 0 Å². The van der Waals surface area contributed by atoms with Crippen LogP contribution in [0.4, 0.5) is 5.13 Å². The molecule has 1 aromatic rings. The van der Waals surface area contributed by atoms with Gasteiger partial charge in [-0.2, -0.15) is 0 Å². The van der Waals surface area contributed by atoms with Crippen LogP contribution >= 0.6 is 11.3 Å². The number of nitrogens with zero attached hydrogens (tertiary/aromatic N) is 2. The van der Waals surface area contributed by atoms with Gasteiger partial charge < -0.3 is 15.3 Å². The summed E-state index contributed by atoms with van der Waals surface area (Å²) in [5.41, 5.74) is -0.350. The number of aliphatic carboxylic acids is 1. The molecular formula is C13H23N3O2S. The molecular weight excluding hydrogens is 262 g/mol. The first-order valence-corrected chi connectivity index (χ1v) is 7.06. The minimum Gasteiger partial charge on any atom is -0.481 e. The maximum atomic E-state index is 11.2. The second kappa shape index (κ2) is 5.46. The molecule has 0 saturated carbocycles. The summed E-state index contributed by atoms with van der Waals surface area (Å²) in [7, 11) is 4.06. The molecule has 0 unspecified atom stereocenters. The lowest BCUT2D eigenvalue weighted by molar-refractivity contribution is -0.142. The highest BCUT2D eigenvalue weighted by Crippen LogP contribution is 2.27. The second-order valence-corrected chi connectivity index (χ2v) is 6.89. The summed E-state index contributed by atoms with van der Waals surface area (Å²) >= 11 is 1.44. The van der Waals surface area contributed by atoms with Crippen molar-refractivity contribution in [2.75, 3.05) is 26.0 Å². The third kappa shape index (κ3) is 3.67. The predicted octanol–water partition coefficient (Wildman–Crippen LogP) is 2.26. The van der Waals surface area contributed by atoms with Gasteiger partial charge in [0.25, 0.3) is 0 Å². The third-order valence-electron chi connectivity index (χ3n) is 3.56. The van der Waals surface area contributed by atoms with Gasteiger partial charge in [-0.3, -0.25) is 4.79 Å². The molecule has 5 nitrogen and oxygen atoms in total. The van der Waals surface area contributed by atoms with Gasteiger partial charge in [0, 0.05) is 17.5 Å². The highest BCUT2D eigenvalue weighted by atomic mass is 32.1. The maximum absolute atomic E-state index is 11.2. The molecule has 1 rings (SSSR count). The van der Waals surface area contributed by atoms with E-state index < -0.39 is 11.4 Å². The van der Waals surface area contributed by atoms with E-state index in [-0.39, 0.29) is 5.54 Å². The average molecular weight is 285 g/mol. The van der Waals surface area contributed by atoms with E-state index in [1.165, 1.54) is 11.3 Å². The van der Waals surface area contributed by atoms with Gasteiger partial charge in [0.15, 0.2) is 5.13 Å². The second-order valence-electron chi connectivity index (χ2n) is 6.03. The molecule has 2 N–H and O–H groups in total. The zero-order valence-corrected chi connectivity index (χ0v) is 13.3. The molecule has 0 aliphatic heterocycles. The van der Waals surface area contributed by atoms with Crippen LogP contribution in [0.3, 0.4) is 0 Å². The fraction of sp³-hybridized carbons (Fsp3) is 0.692. The number of thiazole rings is 1. The van der Waals surface area contributed by atoms with Crippen LogP contribution in [-0.4, -0.2) is 47.1 Å². The Morgan fingerprint density at radius 2 is 2.00 bits per heavy atom. The maximum Gasteiger partial charge on any atom is 0.315 e. The fourth-order valence-electron chi connectivity index (χ4n) is 1.20. The van der Waals surface area contributed by atoms with Crippen molar-refractivity contribution in [2.45, 2.75) is 38.6 Å². The van der Waals surface area contributed by atoms with Gasteiger partial charge in [-0.25, -0.2) is 4.98 Å². The Labute approximate surface area is 118 Å². The van der Waals surface area contributed by atoms with E-state index in [0.29, 0.717) is 5.69 Å². The number of nitrogens with one attached hydrogen (secondary N) is 1. The Balaban J connectivity index is 2.74. The molecule has 0 aliphatic carbocycles. The van der Waals surface area contributed by atoms with Crippen molar-refractivity contribution in [3.05, 3.63) is 11.1 Å². The largest absolute Gasteiger partial charge is 0.481 e. The first kappa shape index (κ1) is 15.9. The van der Waals surface area contributed by atoms with Crippen LogP contribution in [0.1, 0.15) is 33.4 Å². The molecule has 0 saturated heterocycles. The highest BCUT2D eigenvalue weighted by Gasteiger charge is 2.32. The van der Waals surface area contributed by atoms with Gasteiger partial charge in [0.2, 0.25) is 0 Å². The number of aromatic nitrogens is 1. The quantitative estimate of drug-likeness (QED) is 0.839. The summed E-state index contributed by atoms with van der Waals surface area (Å²) in [6, 6.07) is 0. The Morgan fingerprint density at radius 1 is 1.42 bits per heavy atom. The van der Waals surface area contributed by atoms with E-state index in [1.54, 1.807) is 19.2 Å². The summed E-state index contributed by atoms with van der Waals surface area (Å²) in [4.78, 5) is 17.7. The number of carboxylic acids is 1. The van der Waals surface area contributed by atoms with E-state index in [4.69, 9.17) is 0 Å². The van der Waals surface area contributed by atoms with Crippen LogP contribution in [0, 0.1) is 0 Å². The monoisotopic (exact) mass is 285 g/mol. The molecule has 108 valence electrons. The summed E-state index contributed by atoms with van der Waals surface area (Å²) in [5.74, 6) is -0.863. The van der Waals surface area contributed by atoms with Gasteiger partial charge in [0.1, 0.15) is 5.41 Å². The Kier molecular flexibility index (Phi) is 4.58. The Morgan fingerprint density at radius 3 is 2.47 bits per heavy atom. The van der Waals surface area contributed by atoms with Gasteiger partial charge in [-0.05, 0) is 41.8 Å². The number of rotatable bonds is 6. The van der Waals surface area contributed by atoms with Crippen molar-refractivity contribution in [1.29, 1.82) is 0 Å². The molecule has 0 aromatic carbocycles. The fourth-order valence-corrected chi connectivity index (χ4v) is 2.08. The lowest BCUT2D eigenvalue weighted by Crippen LogP contribution is -2.44. The SMILES string of the molecule is CN(C)C(C)(C)CNc1nc(C(C)(C)C(=O)O)cs1. The molecule has 1 aromatic heterocycles. The third-order valence-corrected chi connectivity index (χ3v) is 4.36. The van der Waals surface area contributed by atoms with E-state index in [2.05, 4.69) is 29.0 Å². The summed E-state index contributed by atoms with van der Waals surface area (Å²) in [6.45, 7) is 8.35. The Bertz CT molecular complexity index is 452. The molecule has 19 heavy (non-hydrogen) atoms. The first-order chi connectivity index (χ1) is 8.57. The smallest absolute Gasteiger partial charge is 0.315 e. The lowest BCUT2D eigenvalue weighted by atomic mass is 9.90. The Hall–Kier alpha value is -1.14. The summed E-state index contributed by atoms with van der Waals surface area (Å²) < 4.78 is 0. The van der Waals surface area contributed by atoms with Crippen molar-refractivity contribution in [2.24, 2.45) is 0 Å². The summed E-state index contributed by atoms with van der Waals surface area (Å²) in [5, 5.41) is 15.0. The van der Waals surface area contributed by atoms with Crippen LogP contribution in [0.15, 0.2) is 5.38 Å². The van der Waals surface area contributed by atoms with E-state index in [0.717, 1.165) is 11.7 Å². The minimum absolute atomic E-state index is 0.00808. The van der Waals surface area contributed by atoms with Crippen LogP contribution in [0.5, 0.6) is 0 Å². The van der Waals surface area contributed by atoms with Crippen molar-refractivity contribution in [3.63, 3.8) is 0 Å². The number of anilines is 1. The molecule has 0 radical (unpaired) electrons. The van der Waals surface area contributed by atoms with Gasteiger partial charge in [-0.1, -0.05) is 0 Å². The molecule has 0 fully saturated rings. The van der Waals surface area contributed by atoms with Crippen LogP contribution in [0.2, 0.25) is 0 Å². The highest BCUT2D eigenvalue weighted by molar-refractivity contribution is 7.13. The minimum atomic E-state index is -0.951. The molecule has 0 aliphatic rings. The summed E-state index contributed by atoms with van der Waals surface area (Å²) in [6.07, 6.45) is 0. The first-order valence-electron chi connectivity index (χ1n) is 6.18. The zero-order valence-electron chi connectivity index (χ0n) is 12.4. The molecule has 0 bridgehead atoms. The van der Waals surface area contributed by atoms with E-state index in [9.17, 15) is 9.90 Å². The molecule has 6 heteroatoms. The predicted molar refractivity (Wildman–Crippen MR) is 79.0 cm³/mol. The number of carboxylic acid groups (broad SMARTS) is 1. The number of hydrogen-bond donors (Lipinski definition) is 2. The van der Waals surface area contributed by atoms with Gasteiger partial charge in [0.05, 0.1) is 5.69 Å². The van der Waals surface area contributed by atoms with Gasteiger partial charge >= 0.3 is 5.97 Å². The zero-order chi connectivity index (χ0) is 14.8. The van der Waals surface area contributed by atoms with Crippen LogP contribution in [0.25, 0.3) is 0 Å². The van der Waals surface area contributed by atoms with Crippen molar-refractivity contribution in [1.82, 2.24) is 9.88 Å². The molecule has 1 heterocycles. The van der Waals surface area contributed by atoms with Crippen molar-refractivity contribution in [3.8, 4) is 0 Å².